The first-order chi connectivity index (χ1) is 17.1. The van der Waals surface area contributed by atoms with Gasteiger partial charge in [-0.2, -0.15) is 0 Å². The predicted octanol–water partition coefficient (Wildman–Crippen LogP) is 5.10. The highest BCUT2D eigenvalue weighted by atomic mass is 32.1. The molecule has 5 nitrogen and oxygen atoms in total. The summed E-state index contributed by atoms with van der Waals surface area (Å²) in [5.41, 5.74) is 3.49. The van der Waals surface area contributed by atoms with Crippen LogP contribution in [0.15, 0.2) is 66.7 Å². The molecular weight excluding hydrogens is 458 g/mol. The van der Waals surface area contributed by atoms with Crippen LogP contribution >= 0.6 is 12.6 Å². The molecule has 2 aromatic carbocycles. The van der Waals surface area contributed by atoms with E-state index in [1.54, 1.807) is 0 Å². The zero-order chi connectivity index (χ0) is 24.5. The molecule has 0 amide bonds. The summed E-state index contributed by atoms with van der Waals surface area (Å²) in [5, 5.41) is -0.0892. The number of allylic oxidation sites excluding steroid dienone is 2. The maximum atomic E-state index is 13.1. The highest BCUT2D eigenvalue weighted by Gasteiger charge is 2.45. The molecule has 0 radical (unpaired) electrons. The van der Waals surface area contributed by atoms with E-state index in [0.717, 1.165) is 31.5 Å². The molecule has 0 spiro atoms. The molecule has 0 aromatic heterocycles. The summed E-state index contributed by atoms with van der Waals surface area (Å²) in [5.74, 6) is 0.436. The molecule has 2 aliphatic rings. The van der Waals surface area contributed by atoms with E-state index in [0.29, 0.717) is 39.1 Å². The van der Waals surface area contributed by atoms with E-state index in [-0.39, 0.29) is 29.0 Å². The molecule has 3 unspecified atom stereocenters. The van der Waals surface area contributed by atoms with Crippen LogP contribution in [0.25, 0.3) is 11.1 Å². The number of nitrogens with zero attached hydrogens (tertiary/aromatic N) is 1. The minimum absolute atomic E-state index is 0.0865. The van der Waals surface area contributed by atoms with Crippen LogP contribution in [-0.2, 0) is 25.7 Å². The SMILES string of the molecule is O=C(S)CCC=CCCC1C(OCc2ccc(-c3ccccc3)cc2)CC(=O)C1N1CCOCC1. The molecule has 0 N–H and O–H groups in total. The monoisotopic (exact) mass is 493 g/mol. The highest BCUT2D eigenvalue weighted by Crippen LogP contribution is 2.35. The lowest BCUT2D eigenvalue weighted by Crippen LogP contribution is -2.49. The van der Waals surface area contributed by atoms with Gasteiger partial charge in [-0.1, -0.05) is 66.7 Å². The summed E-state index contributed by atoms with van der Waals surface area (Å²) in [6, 6.07) is 18.7. The number of hydrogen-bond donors (Lipinski definition) is 1. The Morgan fingerprint density at radius 2 is 1.69 bits per heavy atom. The van der Waals surface area contributed by atoms with Crippen LogP contribution < -0.4 is 0 Å². The number of thiol groups is 1. The molecule has 2 aromatic rings. The zero-order valence-electron chi connectivity index (χ0n) is 20.2. The summed E-state index contributed by atoms with van der Waals surface area (Å²) >= 11 is 3.82. The van der Waals surface area contributed by atoms with Crippen LogP contribution in [0.5, 0.6) is 0 Å². The lowest BCUT2D eigenvalue weighted by molar-refractivity contribution is -0.124. The van der Waals surface area contributed by atoms with Gasteiger partial charge in [0.05, 0.1) is 32.0 Å². The number of ketones is 1. The number of hydrogen-bond acceptors (Lipinski definition) is 5. The van der Waals surface area contributed by atoms with Gasteiger partial charge in [-0.15, -0.1) is 12.6 Å². The Morgan fingerprint density at radius 1 is 1.00 bits per heavy atom. The molecular formula is C29H35NO4S. The number of benzene rings is 2. The number of ether oxygens (including phenoxy) is 2. The van der Waals surface area contributed by atoms with Gasteiger partial charge in [0.2, 0.25) is 0 Å². The largest absolute Gasteiger partial charge is 0.379 e. The van der Waals surface area contributed by atoms with Gasteiger partial charge < -0.3 is 9.47 Å². The van der Waals surface area contributed by atoms with Crippen LogP contribution in [-0.4, -0.2) is 54.2 Å². The van der Waals surface area contributed by atoms with Crippen molar-refractivity contribution in [2.45, 2.75) is 50.9 Å². The van der Waals surface area contributed by atoms with Crippen molar-refractivity contribution in [2.24, 2.45) is 5.92 Å². The van der Waals surface area contributed by atoms with Gasteiger partial charge in [-0.3, -0.25) is 14.5 Å². The molecule has 0 bridgehead atoms. The molecule has 1 saturated carbocycles. The van der Waals surface area contributed by atoms with Crippen LogP contribution in [0.1, 0.15) is 37.7 Å². The first kappa shape index (κ1) is 25.8. The Hall–Kier alpha value is -2.25. The molecule has 1 heterocycles. The van der Waals surface area contributed by atoms with Gasteiger partial charge in [-0.05, 0) is 36.0 Å². The first-order valence-electron chi connectivity index (χ1n) is 12.6. The van der Waals surface area contributed by atoms with Crippen LogP contribution in [0.3, 0.4) is 0 Å². The topological polar surface area (TPSA) is 55.8 Å². The summed E-state index contributed by atoms with van der Waals surface area (Å²) in [4.78, 5) is 26.4. The quantitative estimate of drug-likeness (QED) is 0.349. The summed E-state index contributed by atoms with van der Waals surface area (Å²) in [6.45, 7) is 3.43. The molecule has 1 saturated heterocycles. The lowest BCUT2D eigenvalue weighted by atomic mass is 9.93. The van der Waals surface area contributed by atoms with Crippen molar-refractivity contribution in [1.29, 1.82) is 0 Å². The van der Waals surface area contributed by atoms with Crippen LogP contribution in [0.2, 0.25) is 0 Å². The minimum Gasteiger partial charge on any atom is -0.379 e. The molecule has 186 valence electrons. The van der Waals surface area contributed by atoms with Crippen LogP contribution in [0, 0.1) is 5.92 Å². The fourth-order valence-electron chi connectivity index (χ4n) is 5.13. The van der Waals surface area contributed by atoms with Crippen molar-refractivity contribution in [3.63, 3.8) is 0 Å². The number of carbonyl (C=O) groups is 2. The third-order valence-electron chi connectivity index (χ3n) is 6.94. The van der Waals surface area contributed by atoms with E-state index in [9.17, 15) is 9.59 Å². The van der Waals surface area contributed by atoms with Crippen LogP contribution in [0.4, 0.5) is 0 Å². The molecule has 35 heavy (non-hydrogen) atoms. The fraction of sp³-hybridized carbons (Fsp3) is 0.448. The second-order valence-corrected chi connectivity index (χ2v) is 9.82. The average molecular weight is 494 g/mol. The van der Waals surface area contributed by atoms with Gasteiger partial charge in [0.1, 0.15) is 0 Å². The van der Waals surface area contributed by atoms with Gasteiger partial charge >= 0.3 is 0 Å². The number of Topliss-reactive ketones (excluding diaryl/α,β-unsaturated/α-hetero) is 1. The van der Waals surface area contributed by atoms with Crippen molar-refractivity contribution in [3.8, 4) is 11.1 Å². The highest BCUT2D eigenvalue weighted by molar-refractivity contribution is 7.96. The second kappa shape index (κ2) is 13.2. The average Bonchev–Trinajstić information content (AvgIpc) is 3.20. The van der Waals surface area contributed by atoms with Gasteiger partial charge in [0.25, 0.3) is 0 Å². The van der Waals surface area contributed by atoms with Crippen molar-refractivity contribution in [1.82, 2.24) is 4.90 Å². The molecule has 3 atom stereocenters. The Kier molecular flexibility index (Phi) is 9.72. The van der Waals surface area contributed by atoms with E-state index in [2.05, 4.69) is 60.0 Å². The predicted molar refractivity (Wildman–Crippen MR) is 141 cm³/mol. The van der Waals surface area contributed by atoms with E-state index >= 15 is 0 Å². The maximum absolute atomic E-state index is 13.1. The van der Waals surface area contributed by atoms with E-state index in [1.165, 1.54) is 11.1 Å². The summed E-state index contributed by atoms with van der Waals surface area (Å²) in [6.07, 6.45) is 7.45. The van der Waals surface area contributed by atoms with E-state index < -0.39 is 0 Å². The minimum atomic E-state index is -0.100. The van der Waals surface area contributed by atoms with Crippen molar-refractivity contribution >= 4 is 23.5 Å². The van der Waals surface area contributed by atoms with Crippen molar-refractivity contribution < 1.29 is 19.1 Å². The normalized spacial score (nSPS) is 23.2. The van der Waals surface area contributed by atoms with Crippen molar-refractivity contribution in [2.75, 3.05) is 26.3 Å². The third kappa shape index (κ3) is 7.37. The molecule has 2 fully saturated rings. The molecule has 1 aliphatic carbocycles. The third-order valence-corrected chi connectivity index (χ3v) is 7.16. The van der Waals surface area contributed by atoms with Gasteiger partial charge in [0.15, 0.2) is 10.9 Å². The van der Waals surface area contributed by atoms with Gasteiger partial charge in [0, 0.05) is 31.8 Å². The second-order valence-electron chi connectivity index (χ2n) is 9.32. The first-order valence-corrected chi connectivity index (χ1v) is 13.0. The fourth-order valence-corrected chi connectivity index (χ4v) is 5.26. The Labute approximate surface area is 213 Å². The maximum Gasteiger partial charge on any atom is 0.186 e. The summed E-state index contributed by atoms with van der Waals surface area (Å²) in [7, 11) is 0. The number of rotatable bonds is 11. The Morgan fingerprint density at radius 3 is 2.40 bits per heavy atom. The van der Waals surface area contributed by atoms with Crippen molar-refractivity contribution in [3.05, 3.63) is 72.3 Å². The number of carbonyl (C=O) groups excluding carboxylic acids is 2. The Balaban J connectivity index is 1.38. The van der Waals surface area contributed by atoms with Gasteiger partial charge in [-0.25, -0.2) is 0 Å². The lowest BCUT2D eigenvalue weighted by Gasteiger charge is -2.35. The molecule has 1 aliphatic heterocycles. The number of morpholine rings is 1. The van der Waals surface area contributed by atoms with E-state index in [1.807, 2.05) is 24.3 Å². The summed E-state index contributed by atoms with van der Waals surface area (Å²) < 4.78 is 11.9. The Bertz CT molecular complexity index is 986. The smallest absolute Gasteiger partial charge is 0.186 e. The zero-order valence-corrected chi connectivity index (χ0v) is 21.1. The standard InChI is InChI=1S/C29H35NO4S/c31-26-20-27(34-21-22-12-14-24(15-13-22)23-8-4-3-5-9-23)25(10-6-1-2-7-11-28(32)35)29(26)30-16-18-33-19-17-30/h1-5,8-9,12-15,25,27,29H,6-7,10-11,16-21H2,(H,32,35). The molecule has 4 rings (SSSR count). The molecule has 6 heteroatoms. The van der Waals surface area contributed by atoms with E-state index in [4.69, 9.17) is 9.47 Å².